The highest BCUT2D eigenvalue weighted by Gasteiger charge is 2.27. The summed E-state index contributed by atoms with van der Waals surface area (Å²) in [5.74, 6) is 0.296. The minimum absolute atomic E-state index is 0. The lowest BCUT2D eigenvalue weighted by Gasteiger charge is -2.35. The van der Waals surface area contributed by atoms with E-state index in [1.165, 1.54) is 6.20 Å². The number of piperidine rings is 1. The summed E-state index contributed by atoms with van der Waals surface area (Å²) in [6.45, 7) is 3.46. The largest absolute Gasteiger partial charge is 0.338 e. The van der Waals surface area contributed by atoms with Gasteiger partial charge >= 0.3 is 0 Å². The number of pyridine rings is 1. The fourth-order valence-electron chi connectivity index (χ4n) is 2.07. The summed E-state index contributed by atoms with van der Waals surface area (Å²) in [6.07, 6.45) is 3.92. The normalized spacial score (nSPS) is 22.2. The van der Waals surface area contributed by atoms with Gasteiger partial charge in [0.05, 0.1) is 10.6 Å². The molecule has 7 heteroatoms. The molecule has 2 N–H and O–H groups in total. The molecule has 2 heterocycles. The summed E-state index contributed by atoms with van der Waals surface area (Å²) in [5, 5.41) is 0.403. The van der Waals surface area contributed by atoms with Crippen molar-refractivity contribution in [3.63, 3.8) is 0 Å². The SMILES string of the molecule is CC1CN(C(=O)c2ccncc2Cl)CCC1N.Cl.Cl. The second kappa shape index (κ2) is 7.90. The van der Waals surface area contributed by atoms with E-state index < -0.39 is 0 Å². The molecule has 1 aliphatic heterocycles. The number of halogens is 3. The van der Waals surface area contributed by atoms with Gasteiger partial charge in [-0.2, -0.15) is 0 Å². The fourth-order valence-corrected chi connectivity index (χ4v) is 2.27. The first kappa shape index (κ1) is 18.4. The van der Waals surface area contributed by atoms with Crippen molar-refractivity contribution >= 4 is 42.3 Å². The second-order valence-electron chi connectivity index (χ2n) is 4.54. The number of aromatic nitrogens is 1. The Morgan fingerprint density at radius 2 is 2.21 bits per heavy atom. The number of nitrogens with zero attached hydrogens (tertiary/aromatic N) is 2. The van der Waals surface area contributed by atoms with Gasteiger partial charge in [-0.1, -0.05) is 18.5 Å². The van der Waals surface area contributed by atoms with Gasteiger partial charge in [0.25, 0.3) is 5.91 Å². The molecule has 1 aromatic heterocycles. The number of hydrogen-bond donors (Lipinski definition) is 1. The minimum Gasteiger partial charge on any atom is -0.338 e. The summed E-state index contributed by atoms with van der Waals surface area (Å²) in [7, 11) is 0. The maximum atomic E-state index is 12.2. The number of rotatable bonds is 1. The zero-order valence-corrected chi connectivity index (χ0v) is 13.0. The fraction of sp³-hybridized carbons (Fsp3) is 0.500. The van der Waals surface area contributed by atoms with Crippen molar-refractivity contribution in [3.8, 4) is 0 Å². The quantitative estimate of drug-likeness (QED) is 0.862. The van der Waals surface area contributed by atoms with Crippen molar-refractivity contribution in [2.24, 2.45) is 11.7 Å². The van der Waals surface area contributed by atoms with E-state index in [0.29, 0.717) is 29.6 Å². The summed E-state index contributed by atoms with van der Waals surface area (Å²) in [6, 6.07) is 1.84. The third-order valence-corrected chi connectivity index (χ3v) is 3.56. The Bertz CT molecular complexity index is 430. The molecular formula is C12H18Cl3N3O. The molecule has 0 bridgehead atoms. The van der Waals surface area contributed by atoms with Crippen LogP contribution in [0.5, 0.6) is 0 Å². The highest BCUT2D eigenvalue weighted by molar-refractivity contribution is 6.33. The minimum atomic E-state index is -0.0313. The van der Waals surface area contributed by atoms with E-state index in [-0.39, 0.29) is 36.8 Å². The first-order chi connectivity index (χ1) is 8.09. The predicted molar refractivity (Wildman–Crippen MR) is 81.4 cm³/mol. The van der Waals surface area contributed by atoms with Crippen LogP contribution >= 0.6 is 36.4 Å². The molecule has 0 aliphatic carbocycles. The van der Waals surface area contributed by atoms with Crippen LogP contribution in [0.25, 0.3) is 0 Å². The van der Waals surface area contributed by atoms with Gasteiger partial charge < -0.3 is 10.6 Å². The molecule has 2 unspecified atom stereocenters. The maximum absolute atomic E-state index is 12.2. The average molecular weight is 327 g/mol. The van der Waals surface area contributed by atoms with E-state index >= 15 is 0 Å². The summed E-state index contributed by atoms with van der Waals surface area (Å²) < 4.78 is 0. The van der Waals surface area contributed by atoms with Crippen molar-refractivity contribution in [2.75, 3.05) is 13.1 Å². The lowest BCUT2D eigenvalue weighted by atomic mass is 9.94. The zero-order valence-electron chi connectivity index (χ0n) is 10.6. The molecule has 0 radical (unpaired) electrons. The van der Waals surface area contributed by atoms with Gasteiger partial charge in [-0.05, 0) is 18.4 Å². The van der Waals surface area contributed by atoms with Crippen LogP contribution in [0, 0.1) is 5.92 Å². The Morgan fingerprint density at radius 3 is 2.79 bits per heavy atom. The topological polar surface area (TPSA) is 59.2 Å². The van der Waals surface area contributed by atoms with E-state index in [0.717, 1.165) is 6.42 Å². The number of carbonyl (C=O) groups is 1. The Kier molecular flexibility index (Phi) is 7.67. The van der Waals surface area contributed by atoms with Crippen molar-refractivity contribution in [1.82, 2.24) is 9.88 Å². The Hall–Kier alpha value is -0.550. The van der Waals surface area contributed by atoms with E-state index in [2.05, 4.69) is 11.9 Å². The van der Waals surface area contributed by atoms with Gasteiger partial charge in [0.1, 0.15) is 0 Å². The van der Waals surface area contributed by atoms with Crippen LogP contribution < -0.4 is 5.73 Å². The molecule has 0 spiro atoms. The summed E-state index contributed by atoms with van der Waals surface area (Å²) in [4.78, 5) is 17.9. The van der Waals surface area contributed by atoms with Crippen LogP contribution in [0.15, 0.2) is 18.5 Å². The summed E-state index contributed by atoms with van der Waals surface area (Å²) in [5.41, 5.74) is 6.45. The molecule has 1 aromatic rings. The molecule has 1 fully saturated rings. The lowest BCUT2D eigenvalue weighted by Crippen LogP contribution is -2.48. The van der Waals surface area contributed by atoms with Gasteiger partial charge in [-0.15, -0.1) is 24.8 Å². The molecule has 4 nitrogen and oxygen atoms in total. The van der Waals surface area contributed by atoms with Crippen molar-refractivity contribution in [2.45, 2.75) is 19.4 Å². The first-order valence-electron chi connectivity index (χ1n) is 5.74. The molecule has 2 rings (SSSR count). The van der Waals surface area contributed by atoms with Crippen molar-refractivity contribution in [3.05, 3.63) is 29.0 Å². The van der Waals surface area contributed by atoms with E-state index in [1.54, 1.807) is 12.3 Å². The number of likely N-dealkylation sites (tertiary alicyclic amines) is 1. The van der Waals surface area contributed by atoms with E-state index in [1.807, 2.05) is 4.90 Å². The van der Waals surface area contributed by atoms with Gasteiger partial charge in [0.15, 0.2) is 0 Å². The highest BCUT2D eigenvalue weighted by Crippen LogP contribution is 2.20. The Morgan fingerprint density at radius 1 is 1.53 bits per heavy atom. The van der Waals surface area contributed by atoms with Crippen molar-refractivity contribution in [1.29, 1.82) is 0 Å². The molecule has 0 saturated carbocycles. The standard InChI is InChI=1S/C12H16ClN3O.2ClH/c1-8-7-16(5-3-11(8)14)12(17)9-2-4-15-6-10(9)13;;/h2,4,6,8,11H,3,5,7,14H2,1H3;2*1H. The van der Waals surface area contributed by atoms with Crippen LogP contribution in [0.2, 0.25) is 5.02 Å². The molecule has 1 amide bonds. The van der Waals surface area contributed by atoms with Gasteiger partial charge in [-0.25, -0.2) is 0 Å². The first-order valence-corrected chi connectivity index (χ1v) is 6.11. The molecule has 19 heavy (non-hydrogen) atoms. The zero-order chi connectivity index (χ0) is 12.4. The van der Waals surface area contributed by atoms with Crippen molar-refractivity contribution < 1.29 is 4.79 Å². The maximum Gasteiger partial charge on any atom is 0.255 e. The van der Waals surface area contributed by atoms with Crippen LogP contribution in [-0.2, 0) is 0 Å². The molecule has 1 aliphatic rings. The van der Waals surface area contributed by atoms with Crippen LogP contribution in [0.4, 0.5) is 0 Å². The van der Waals surface area contributed by atoms with Crippen LogP contribution in [-0.4, -0.2) is 34.9 Å². The van der Waals surface area contributed by atoms with Crippen LogP contribution in [0.3, 0.4) is 0 Å². The molecular weight excluding hydrogens is 309 g/mol. The number of carbonyl (C=O) groups excluding carboxylic acids is 1. The Balaban J connectivity index is 0.00000162. The summed E-state index contributed by atoms with van der Waals surface area (Å²) >= 11 is 5.97. The second-order valence-corrected chi connectivity index (χ2v) is 4.94. The smallest absolute Gasteiger partial charge is 0.255 e. The third-order valence-electron chi connectivity index (χ3n) is 3.26. The Labute approximate surface area is 130 Å². The predicted octanol–water partition coefficient (Wildman–Crippen LogP) is 2.39. The van der Waals surface area contributed by atoms with E-state index in [4.69, 9.17) is 17.3 Å². The molecule has 0 aromatic carbocycles. The molecule has 2 atom stereocenters. The molecule has 1 saturated heterocycles. The van der Waals surface area contributed by atoms with Gasteiger partial charge in [-0.3, -0.25) is 9.78 Å². The molecule has 108 valence electrons. The number of hydrogen-bond acceptors (Lipinski definition) is 3. The van der Waals surface area contributed by atoms with E-state index in [9.17, 15) is 4.79 Å². The lowest BCUT2D eigenvalue weighted by molar-refractivity contribution is 0.0664. The number of amides is 1. The average Bonchev–Trinajstić information content (AvgIpc) is 2.32. The highest BCUT2D eigenvalue weighted by atomic mass is 35.5. The van der Waals surface area contributed by atoms with Crippen LogP contribution in [0.1, 0.15) is 23.7 Å². The monoisotopic (exact) mass is 325 g/mol. The third kappa shape index (κ3) is 4.21. The van der Waals surface area contributed by atoms with Gasteiger partial charge in [0.2, 0.25) is 0 Å². The van der Waals surface area contributed by atoms with Gasteiger partial charge in [0, 0.05) is 31.5 Å². The number of nitrogens with two attached hydrogens (primary N) is 1.